The zero-order valence-electron chi connectivity index (χ0n) is 43.3. The van der Waals surface area contributed by atoms with Crippen LogP contribution in [-0.2, 0) is 28.6 Å². The summed E-state index contributed by atoms with van der Waals surface area (Å²) in [6.45, 7) is 6.61. The molecule has 0 N–H and O–H groups in total. The molecule has 65 heavy (non-hydrogen) atoms. The third-order valence-electron chi connectivity index (χ3n) is 12.3. The number of carbonyl (C=O) groups is 3. The first-order valence-corrected chi connectivity index (χ1v) is 28.2. The summed E-state index contributed by atoms with van der Waals surface area (Å²) in [7, 11) is 0. The Kier molecular flexibility index (Phi) is 51.8. The van der Waals surface area contributed by atoms with Gasteiger partial charge in [-0.05, 0) is 96.3 Å². The van der Waals surface area contributed by atoms with Crippen molar-refractivity contribution in [3.8, 4) is 0 Å². The first-order chi connectivity index (χ1) is 32.0. The fraction of sp³-hybridized carbons (Fsp3) is 0.814. The quantitative estimate of drug-likeness (QED) is 0.0199. The van der Waals surface area contributed by atoms with Crippen molar-refractivity contribution in [2.45, 2.75) is 297 Å². The van der Waals surface area contributed by atoms with Gasteiger partial charge in [0.05, 0.1) is 0 Å². The molecule has 0 heterocycles. The molecule has 0 amide bonds. The van der Waals surface area contributed by atoms with Gasteiger partial charge in [0.1, 0.15) is 13.2 Å². The van der Waals surface area contributed by atoms with E-state index in [2.05, 4.69) is 69.4 Å². The molecule has 0 aromatic rings. The molecule has 1 atom stereocenters. The molecule has 0 saturated carbocycles. The minimum absolute atomic E-state index is 0.0881. The van der Waals surface area contributed by atoms with E-state index in [0.29, 0.717) is 19.3 Å². The third kappa shape index (κ3) is 52.2. The average Bonchev–Trinajstić information content (AvgIpc) is 3.30. The SMILES string of the molecule is CCCCCCCC/C=C\CCCCCC(=O)OCC(COC(=O)CCCCCCC/C=C\C=C/CCCCCCCCC)OC(=O)CCCCCCC/C=C\CCCCCCCCC. The number of allylic oxidation sites excluding steroid dienone is 8. The summed E-state index contributed by atoms with van der Waals surface area (Å²) in [5.41, 5.74) is 0. The number of carbonyl (C=O) groups excluding carboxylic acids is 3. The van der Waals surface area contributed by atoms with E-state index in [0.717, 1.165) is 103 Å². The van der Waals surface area contributed by atoms with Gasteiger partial charge >= 0.3 is 17.9 Å². The third-order valence-corrected chi connectivity index (χ3v) is 12.3. The molecule has 0 aliphatic rings. The van der Waals surface area contributed by atoms with Gasteiger partial charge in [-0.1, -0.05) is 223 Å². The molecule has 0 aliphatic carbocycles. The van der Waals surface area contributed by atoms with E-state index < -0.39 is 6.10 Å². The Balaban J connectivity index is 4.41. The van der Waals surface area contributed by atoms with Crippen LogP contribution in [0.15, 0.2) is 48.6 Å². The van der Waals surface area contributed by atoms with Gasteiger partial charge in [0, 0.05) is 19.3 Å². The van der Waals surface area contributed by atoms with Crippen molar-refractivity contribution in [2.24, 2.45) is 0 Å². The Bertz CT molecular complexity index is 1140. The first-order valence-electron chi connectivity index (χ1n) is 28.2. The molecule has 0 radical (unpaired) electrons. The molecule has 0 rings (SSSR count). The van der Waals surface area contributed by atoms with Gasteiger partial charge in [-0.25, -0.2) is 0 Å². The van der Waals surface area contributed by atoms with Crippen molar-refractivity contribution in [3.63, 3.8) is 0 Å². The summed E-state index contributed by atoms with van der Waals surface area (Å²) in [6, 6.07) is 0. The van der Waals surface area contributed by atoms with Crippen LogP contribution in [0, 0.1) is 0 Å². The topological polar surface area (TPSA) is 78.9 Å². The molecule has 0 aliphatic heterocycles. The molecule has 0 fully saturated rings. The van der Waals surface area contributed by atoms with Gasteiger partial charge < -0.3 is 14.2 Å². The van der Waals surface area contributed by atoms with E-state index in [9.17, 15) is 14.4 Å². The normalized spacial score (nSPS) is 12.4. The van der Waals surface area contributed by atoms with Gasteiger partial charge in [0.15, 0.2) is 6.10 Å². The van der Waals surface area contributed by atoms with Gasteiger partial charge in [0.25, 0.3) is 0 Å². The van der Waals surface area contributed by atoms with Crippen LogP contribution in [0.4, 0.5) is 0 Å². The molecule has 0 aromatic heterocycles. The van der Waals surface area contributed by atoms with Crippen molar-refractivity contribution in [1.82, 2.24) is 0 Å². The lowest BCUT2D eigenvalue weighted by atomic mass is 10.1. The maximum Gasteiger partial charge on any atom is 0.306 e. The molecule has 6 nitrogen and oxygen atoms in total. The fourth-order valence-corrected chi connectivity index (χ4v) is 8.01. The lowest BCUT2D eigenvalue weighted by molar-refractivity contribution is -0.167. The highest BCUT2D eigenvalue weighted by Gasteiger charge is 2.19. The summed E-state index contributed by atoms with van der Waals surface area (Å²) < 4.78 is 16.8. The molecule has 378 valence electrons. The zero-order valence-corrected chi connectivity index (χ0v) is 43.3. The summed E-state index contributed by atoms with van der Waals surface area (Å²) in [6.07, 6.45) is 65.3. The average molecular weight is 911 g/mol. The molecular formula is C59H106O6. The van der Waals surface area contributed by atoms with Crippen molar-refractivity contribution in [1.29, 1.82) is 0 Å². The molecule has 1 unspecified atom stereocenters. The lowest BCUT2D eigenvalue weighted by Gasteiger charge is -2.18. The van der Waals surface area contributed by atoms with Crippen LogP contribution in [0.25, 0.3) is 0 Å². The summed E-state index contributed by atoms with van der Waals surface area (Å²) in [5, 5.41) is 0. The molecule has 0 saturated heterocycles. The highest BCUT2D eigenvalue weighted by Crippen LogP contribution is 2.15. The van der Waals surface area contributed by atoms with Crippen molar-refractivity contribution in [2.75, 3.05) is 13.2 Å². The van der Waals surface area contributed by atoms with E-state index in [4.69, 9.17) is 14.2 Å². The summed E-state index contributed by atoms with van der Waals surface area (Å²) in [5.74, 6) is -0.916. The van der Waals surface area contributed by atoms with Gasteiger partial charge in [-0.3, -0.25) is 14.4 Å². The van der Waals surface area contributed by atoms with E-state index in [1.165, 1.54) is 148 Å². The smallest absolute Gasteiger partial charge is 0.306 e. The number of esters is 3. The molecular weight excluding hydrogens is 805 g/mol. The molecule has 0 bridgehead atoms. The van der Waals surface area contributed by atoms with Crippen LogP contribution < -0.4 is 0 Å². The van der Waals surface area contributed by atoms with Crippen LogP contribution in [0.1, 0.15) is 290 Å². The van der Waals surface area contributed by atoms with Crippen LogP contribution in [0.3, 0.4) is 0 Å². The van der Waals surface area contributed by atoms with Gasteiger partial charge in [-0.2, -0.15) is 0 Å². The predicted molar refractivity (Wildman–Crippen MR) is 279 cm³/mol. The van der Waals surface area contributed by atoms with Gasteiger partial charge in [0.2, 0.25) is 0 Å². The number of unbranched alkanes of at least 4 members (excludes halogenated alkanes) is 33. The second-order valence-corrected chi connectivity index (χ2v) is 18.9. The number of rotatable bonds is 51. The second kappa shape index (κ2) is 54.0. The number of hydrogen-bond acceptors (Lipinski definition) is 6. The van der Waals surface area contributed by atoms with Crippen LogP contribution in [0.2, 0.25) is 0 Å². The zero-order chi connectivity index (χ0) is 47.2. The molecule has 6 heteroatoms. The Morgan fingerprint density at radius 2 is 0.554 bits per heavy atom. The van der Waals surface area contributed by atoms with Gasteiger partial charge in [-0.15, -0.1) is 0 Å². The van der Waals surface area contributed by atoms with Crippen molar-refractivity contribution >= 4 is 17.9 Å². The van der Waals surface area contributed by atoms with E-state index in [-0.39, 0.29) is 31.1 Å². The Labute approximate surface area is 403 Å². The fourth-order valence-electron chi connectivity index (χ4n) is 8.01. The maximum atomic E-state index is 12.8. The Morgan fingerprint density at radius 3 is 0.877 bits per heavy atom. The molecule has 0 spiro atoms. The minimum atomic E-state index is -0.789. The highest BCUT2D eigenvalue weighted by molar-refractivity contribution is 5.71. The summed E-state index contributed by atoms with van der Waals surface area (Å²) >= 11 is 0. The summed E-state index contributed by atoms with van der Waals surface area (Å²) in [4.78, 5) is 38.1. The monoisotopic (exact) mass is 911 g/mol. The van der Waals surface area contributed by atoms with Crippen LogP contribution in [0.5, 0.6) is 0 Å². The second-order valence-electron chi connectivity index (χ2n) is 18.9. The number of ether oxygens (including phenoxy) is 3. The van der Waals surface area contributed by atoms with E-state index in [1.54, 1.807) is 0 Å². The van der Waals surface area contributed by atoms with E-state index >= 15 is 0 Å². The first kappa shape index (κ1) is 62.4. The number of hydrogen-bond donors (Lipinski definition) is 0. The lowest BCUT2D eigenvalue weighted by Crippen LogP contribution is -2.30. The van der Waals surface area contributed by atoms with E-state index in [1.807, 2.05) is 0 Å². The Hall–Kier alpha value is -2.63. The standard InChI is InChI=1S/C59H106O6/c1-4-7-10-13-16-19-22-25-27-29-30-32-34-37-40-43-46-49-52-58(61)64-55-56(54-63-57(60)51-48-45-42-39-36-33-24-21-18-15-12-9-6-3)65-59(62)53-50-47-44-41-38-35-31-28-26-23-20-17-14-11-8-5-2/h27-33,36,56H,4-26,34-35,37-55H2,1-3H3/b29-27-,31-28-,32-30-,36-33-. The van der Waals surface area contributed by atoms with Crippen LogP contribution in [-0.4, -0.2) is 37.2 Å². The minimum Gasteiger partial charge on any atom is -0.462 e. The largest absolute Gasteiger partial charge is 0.462 e. The van der Waals surface area contributed by atoms with Crippen molar-refractivity contribution < 1.29 is 28.6 Å². The van der Waals surface area contributed by atoms with Crippen molar-refractivity contribution in [3.05, 3.63) is 48.6 Å². The maximum absolute atomic E-state index is 12.8. The van der Waals surface area contributed by atoms with Crippen LogP contribution >= 0.6 is 0 Å². The highest BCUT2D eigenvalue weighted by atomic mass is 16.6. The predicted octanol–water partition coefficient (Wildman–Crippen LogP) is 18.7. The molecule has 0 aromatic carbocycles. The Morgan fingerprint density at radius 1 is 0.308 bits per heavy atom.